The molecule has 6 nitrogen and oxygen atoms in total. The number of oxazole rings is 1. The van der Waals surface area contributed by atoms with Gasteiger partial charge in [-0.05, 0) is 12.5 Å². The fraction of sp³-hybridized carbons (Fsp3) is 0.786. The predicted molar refractivity (Wildman–Crippen MR) is 75.9 cm³/mol. The van der Waals surface area contributed by atoms with Crippen molar-refractivity contribution in [3.8, 4) is 6.08 Å². The Morgan fingerprint density at radius 1 is 1.25 bits per heavy atom. The molecule has 0 radical (unpaired) electrons. The van der Waals surface area contributed by atoms with Crippen LogP contribution >= 0.6 is 0 Å². The lowest BCUT2D eigenvalue weighted by Crippen LogP contribution is -2.19. The van der Waals surface area contributed by atoms with E-state index in [4.69, 9.17) is 18.6 Å². The molecule has 0 unspecified atom stereocenters. The molecule has 0 spiro atoms. The number of nitrogens with zero attached hydrogens (tertiary/aromatic N) is 1. The molecule has 1 rings (SSSR count). The van der Waals surface area contributed by atoms with Gasteiger partial charge < -0.3 is 23.9 Å². The van der Waals surface area contributed by atoms with E-state index in [2.05, 4.69) is 24.1 Å². The Labute approximate surface area is 120 Å². The molecule has 0 saturated heterocycles. The lowest BCUT2D eigenvalue weighted by molar-refractivity contribution is 0.0625. The summed E-state index contributed by atoms with van der Waals surface area (Å²) in [6, 6.07) is 0. The van der Waals surface area contributed by atoms with E-state index < -0.39 is 0 Å². The topological polar surface area (TPSA) is 65.8 Å². The Morgan fingerprint density at radius 3 is 2.85 bits per heavy atom. The highest BCUT2D eigenvalue weighted by Crippen LogP contribution is 2.10. The molecule has 0 saturated carbocycles. The van der Waals surface area contributed by atoms with Crippen LogP contribution in [0.5, 0.6) is 6.08 Å². The van der Waals surface area contributed by atoms with Crippen LogP contribution in [0.25, 0.3) is 0 Å². The fourth-order valence-corrected chi connectivity index (χ4v) is 1.49. The molecule has 1 aromatic heterocycles. The summed E-state index contributed by atoms with van der Waals surface area (Å²) in [6.45, 7) is 8.40. The second-order valence-electron chi connectivity index (χ2n) is 4.94. The van der Waals surface area contributed by atoms with E-state index in [0.717, 1.165) is 18.7 Å². The van der Waals surface area contributed by atoms with Gasteiger partial charge in [0.2, 0.25) is 0 Å². The van der Waals surface area contributed by atoms with Crippen molar-refractivity contribution in [2.24, 2.45) is 5.92 Å². The maximum atomic E-state index is 5.40. The van der Waals surface area contributed by atoms with Gasteiger partial charge in [-0.2, -0.15) is 4.98 Å². The molecule has 0 bridgehead atoms. The smallest absolute Gasteiger partial charge is 0.393 e. The first-order chi connectivity index (χ1) is 9.72. The third-order valence-corrected chi connectivity index (χ3v) is 2.48. The summed E-state index contributed by atoms with van der Waals surface area (Å²) in [5.74, 6) is 0.621. The second kappa shape index (κ2) is 10.7. The lowest BCUT2D eigenvalue weighted by Gasteiger charge is -2.04. The monoisotopic (exact) mass is 286 g/mol. The van der Waals surface area contributed by atoms with E-state index in [1.54, 1.807) is 13.4 Å². The van der Waals surface area contributed by atoms with Crippen LogP contribution < -0.4 is 10.1 Å². The molecule has 0 aliphatic rings. The number of ether oxygens (including phenoxy) is 3. The van der Waals surface area contributed by atoms with Crippen molar-refractivity contribution in [1.82, 2.24) is 10.3 Å². The summed E-state index contributed by atoms with van der Waals surface area (Å²) in [7, 11) is 1.66. The van der Waals surface area contributed by atoms with Crippen LogP contribution in [0, 0.1) is 5.92 Å². The van der Waals surface area contributed by atoms with Crippen molar-refractivity contribution in [3.63, 3.8) is 0 Å². The van der Waals surface area contributed by atoms with Gasteiger partial charge >= 0.3 is 6.08 Å². The molecule has 0 aromatic carbocycles. The third kappa shape index (κ3) is 8.14. The molecular formula is C14H26N2O4. The van der Waals surface area contributed by atoms with Crippen LogP contribution in [0.1, 0.15) is 26.0 Å². The van der Waals surface area contributed by atoms with Crippen molar-refractivity contribution in [2.75, 3.05) is 40.1 Å². The molecule has 116 valence electrons. The Bertz CT molecular complexity index is 342. The van der Waals surface area contributed by atoms with E-state index in [1.807, 2.05) is 0 Å². The standard InChI is InChI=1S/C14H26N2O4/c1-12(2)9-15-10-13-11-20-14(16-13)19-6-4-5-18-8-7-17-3/h11-12,15H,4-10H2,1-3H3. The zero-order chi connectivity index (χ0) is 14.6. The third-order valence-electron chi connectivity index (χ3n) is 2.48. The highest BCUT2D eigenvalue weighted by atomic mass is 16.6. The molecule has 0 amide bonds. The summed E-state index contributed by atoms with van der Waals surface area (Å²) < 4.78 is 20.8. The Balaban J connectivity index is 2.05. The molecule has 1 aromatic rings. The minimum Gasteiger partial charge on any atom is -0.450 e. The molecule has 20 heavy (non-hydrogen) atoms. The minimum atomic E-state index is 0.322. The van der Waals surface area contributed by atoms with Crippen molar-refractivity contribution >= 4 is 0 Å². The predicted octanol–water partition coefficient (Wildman–Crippen LogP) is 1.85. The first kappa shape index (κ1) is 16.9. The number of rotatable bonds is 12. The summed E-state index contributed by atoms with van der Waals surface area (Å²) in [5.41, 5.74) is 0.858. The first-order valence-corrected chi connectivity index (χ1v) is 7.07. The van der Waals surface area contributed by atoms with Gasteiger partial charge in [0.1, 0.15) is 6.26 Å². The van der Waals surface area contributed by atoms with Crippen LogP contribution in [0.2, 0.25) is 0 Å². The molecular weight excluding hydrogens is 260 g/mol. The maximum absolute atomic E-state index is 5.40. The van der Waals surface area contributed by atoms with Gasteiger partial charge in [0.25, 0.3) is 0 Å². The van der Waals surface area contributed by atoms with Crippen molar-refractivity contribution in [3.05, 3.63) is 12.0 Å². The molecule has 0 atom stereocenters. The highest BCUT2D eigenvalue weighted by molar-refractivity contribution is 4.99. The van der Waals surface area contributed by atoms with Gasteiger partial charge in [-0.25, -0.2) is 0 Å². The average molecular weight is 286 g/mol. The molecule has 0 fully saturated rings. The quantitative estimate of drug-likeness (QED) is 0.592. The number of hydrogen-bond acceptors (Lipinski definition) is 6. The van der Waals surface area contributed by atoms with Gasteiger partial charge in [-0.3, -0.25) is 0 Å². The normalized spacial score (nSPS) is 11.2. The van der Waals surface area contributed by atoms with E-state index in [0.29, 0.717) is 45.0 Å². The molecule has 0 aliphatic heterocycles. The molecule has 1 heterocycles. The first-order valence-electron chi connectivity index (χ1n) is 7.07. The number of aromatic nitrogens is 1. The SMILES string of the molecule is COCCOCCCOc1nc(CNCC(C)C)co1. The maximum Gasteiger partial charge on any atom is 0.393 e. The van der Waals surface area contributed by atoms with Gasteiger partial charge in [0, 0.05) is 26.7 Å². The number of methoxy groups -OCH3 is 1. The van der Waals surface area contributed by atoms with Crippen LogP contribution in [-0.2, 0) is 16.0 Å². The van der Waals surface area contributed by atoms with E-state index in [1.165, 1.54) is 0 Å². The van der Waals surface area contributed by atoms with Crippen molar-refractivity contribution in [2.45, 2.75) is 26.8 Å². The molecule has 1 N–H and O–H groups in total. The van der Waals surface area contributed by atoms with Gasteiger partial charge in [-0.15, -0.1) is 0 Å². The highest BCUT2D eigenvalue weighted by Gasteiger charge is 2.05. The van der Waals surface area contributed by atoms with E-state index in [9.17, 15) is 0 Å². The van der Waals surface area contributed by atoms with E-state index >= 15 is 0 Å². The Morgan fingerprint density at radius 2 is 2.10 bits per heavy atom. The summed E-state index contributed by atoms with van der Waals surface area (Å²) in [4.78, 5) is 4.24. The number of nitrogens with one attached hydrogen (secondary N) is 1. The largest absolute Gasteiger partial charge is 0.450 e. The molecule has 0 aliphatic carbocycles. The van der Waals surface area contributed by atoms with Crippen LogP contribution in [0.4, 0.5) is 0 Å². The van der Waals surface area contributed by atoms with Crippen LogP contribution in [0.3, 0.4) is 0 Å². The Kier molecular flexibility index (Phi) is 9.02. The average Bonchev–Trinajstić information content (AvgIpc) is 2.85. The summed E-state index contributed by atoms with van der Waals surface area (Å²) in [6.07, 6.45) is 2.74. The summed E-state index contributed by atoms with van der Waals surface area (Å²) in [5, 5.41) is 3.30. The van der Waals surface area contributed by atoms with E-state index in [-0.39, 0.29) is 0 Å². The van der Waals surface area contributed by atoms with Crippen LogP contribution in [-0.4, -0.2) is 45.1 Å². The second-order valence-corrected chi connectivity index (χ2v) is 4.94. The van der Waals surface area contributed by atoms with Gasteiger partial charge in [-0.1, -0.05) is 13.8 Å². The van der Waals surface area contributed by atoms with Crippen molar-refractivity contribution < 1.29 is 18.6 Å². The zero-order valence-corrected chi connectivity index (χ0v) is 12.7. The lowest BCUT2D eigenvalue weighted by atomic mass is 10.2. The molecule has 6 heteroatoms. The van der Waals surface area contributed by atoms with Gasteiger partial charge in [0.15, 0.2) is 0 Å². The number of hydrogen-bond donors (Lipinski definition) is 1. The van der Waals surface area contributed by atoms with Crippen LogP contribution in [0.15, 0.2) is 10.7 Å². The fourth-order valence-electron chi connectivity index (χ4n) is 1.49. The van der Waals surface area contributed by atoms with Gasteiger partial charge in [0.05, 0.1) is 25.5 Å². The Hall–Kier alpha value is -1.11. The minimum absolute atomic E-state index is 0.322. The zero-order valence-electron chi connectivity index (χ0n) is 12.7. The summed E-state index contributed by atoms with van der Waals surface area (Å²) >= 11 is 0. The van der Waals surface area contributed by atoms with Crippen molar-refractivity contribution in [1.29, 1.82) is 0 Å².